The fourth-order valence-electron chi connectivity index (χ4n) is 5.56. The van der Waals surface area contributed by atoms with Crippen LogP contribution in [0.4, 0.5) is 34.1 Å². The van der Waals surface area contributed by atoms with E-state index in [-0.39, 0.29) is 192 Å². The van der Waals surface area contributed by atoms with Crippen LogP contribution < -0.4 is 159 Å². The molecule has 6 rings (SSSR count). The number of fused-ring (bicyclic) bond motifs is 2. The van der Waals surface area contributed by atoms with Gasteiger partial charge in [0.1, 0.15) is 67.7 Å². The molecule has 0 aliphatic rings. The van der Waals surface area contributed by atoms with Crippen molar-refractivity contribution in [2.24, 2.45) is 20.5 Å². The second-order valence-electron chi connectivity index (χ2n) is 11.9. The predicted molar refractivity (Wildman–Crippen MR) is 197 cm³/mol. The van der Waals surface area contributed by atoms with Gasteiger partial charge in [0.05, 0.1) is 41.5 Å². The van der Waals surface area contributed by atoms with E-state index in [0.29, 0.717) is 6.07 Å². The van der Waals surface area contributed by atoms with Crippen molar-refractivity contribution in [3.05, 3.63) is 91.0 Å². The predicted octanol–water partition coefficient (Wildman–Crippen LogP) is -10.8. The van der Waals surface area contributed by atoms with Gasteiger partial charge in [-0.1, -0.05) is 30.3 Å². The van der Waals surface area contributed by atoms with Gasteiger partial charge in [0.2, 0.25) is 0 Å². The van der Waals surface area contributed by atoms with Gasteiger partial charge in [-0.25, -0.2) is 42.1 Å². The van der Waals surface area contributed by atoms with Crippen molar-refractivity contribution >= 4 is 106 Å². The first-order chi connectivity index (χ1) is 26.7. The summed E-state index contributed by atoms with van der Waals surface area (Å²) in [5, 5.41) is 15.0. The van der Waals surface area contributed by atoms with Crippen LogP contribution in [0.1, 0.15) is 0 Å². The maximum atomic E-state index is 12.4. The summed E-state index contributed by atoms with van der Waals surface area (Å²) in [7, 11) is -25.9. The average Bonchev–Trinajstić information content (AvgIpc) is 3.11. The maximum absolute atomic E-state index is 12.4. The van der Waals surface area contributed by atoms with Crippen LogP contribution in [-0.2, 0) is 50.6 Å². The van der Waals surface area contributed by atoms with E-state index in [1.165, 1.54) is 30.3 Å². The number of benzene rings is 6. The Kier molecular flexibility index (Phi) is 21.5. The molecule has 21 nitrogen and oxygen atoms in total. The fraction of sp³-hybridized carbons (Fsp3) is 0. The van der Waals surface area contributed by atoms with Gasteiger partial charge in [-0.15, -0.1) is 15.3 Å². The van der Waals surface area contributed by atoms with Crippen molar-refractivity contribution in [3.8, 4) is 11.1 Å². The summed E-state index contributed by atoms with van der Waals surface area (Å²) < 4.78 is 178. The summed E-state index contributed by atoms with van der Waals surface area (Å²) in [6.07, 6.45) is 0. The van der Waals surface area contributed by atoms with Gasteiger partial charge in [0.15, 0.2) is 0 Å². The molecule has 0 saturated carbocycles. The third kappa shape index (κ3) is 13.9. The number of azo groups is 2. The van der Waals surface area contributed by atoms with Crippen LogP contribution in [0.2, 0.25) is 0 Å². The molecule has 302 valence electrons. The smallest absolute Gasteiger partial charge is 0.744 e. The van der Waals surface area contributed by atoms with Gasteiger partial charge in [0.25, 0.3) is 0 Å². The summed E-state index contributed by atoms with van der Waals surface area (Å²) in [4.78, 5) is -4.44. The minimum atomic E-state index is -5.32. The molecule has 0 amide bonds. The monoisotopic (exact) mass is 1000 g/mol. The van der Waals surface area contributed by atoms with E-state index >= 15 is 0 Å². The summed E-state index contributed by atoms with van der Waals surface area (Å²) in [5.41, 5.74) is 9.51. The van der Waals surface area contributed by atoms with Crippen LogP contribution >= 0.6 is 0 Å². The van der Waals surface area contributed by atoms with E-state index in [2.05, 4.69) is 20.5 Å². The number of hydrogen-bond acceptors (Lipinski definition) is 21. The van der Waals surface area contributed by atoms with Crippen molar-refractivity contribution in [1.82, 2.24) is 0 Å². The second kappa shape index (κ2) is 22.5. The molecule has 6 aromatic rings. The summed E-state index contributed by atoms with van der Waals surface area (Å²) >= 11 is 0. The van der Waals surface area contributed by atoms with Crippen molar-refractivity contribution in [1.29, 1.82) is 0 Å². The molecular formula is C32H19N6Na5O15S5. The number of rotatable bonds is 10. The van der Waals surface area contributed by atoms with Gasteiger partial charge in [-0.2, -0.15) is 5.11 Å². The second-order valence-corrected chi connectivity index (χ2v) is 18.7. The van der Waals surface area contributed by atoms with Gasteiger partial charge in [-0.3, -0.25) is 0 Å². The third-order valence-electron chi connectivity index (χ3n) is 8.24. The summed E-state index contributed by atoms with van der Waals surface area (Å²) in [6.45, 7) is 0. The van der Waals surface area contributed by atoms with Gasteiger partial charge in [0, 0.05) is 10.8 Å². The van der Waals surface area contributed by atoms with Crippen molar-refractivity contribution in [2.75, 3.05) is 11.5 Å². The van der Waals surface area contributed by atoms with Crippen LogP contribution in [0.3, 0.4) is 0 Å². The van der Waals surface area contributed by atoms with Crippen molar-refractivity contribution in [3.63, 3.8) is 0 Å². The molecule has 0 unspecified atom stereocenters. The molecule has 0 bridgehead atoms. The summed E-state index contributed by atoms with van der Waals surface area (Å²) in [5.74, 6) is 0. The Morgan fingerprint density at radius 3 is 1.14 bits per heavy atom. The SMILES string of the molecule is Nc1c(S(=O)(=O)[O-])cc2cc(S(=O)(=O)[O-])ccc2c1N=Nc1ccc(-c2ccc(N=Nc3c(N)c(S(=O)(=O)[O-])cc4cc(S(=O)(=O)[O-])ccc34)c(S(=O)(=O)[O-])c2)cc1.[Na+].[Na+].[Na+].[Na+].[Na+]. The normalized spacial score (nSPS) is 12.2. The zero-order valence-corrected chi connectivity index (χ0v) is 47.4. The first-order valence-corrected chi connectivity index (χ1v) is 22.4. The maximum Gasteiger partial charge on any atom is 1.00 e. The zero-order chi connectivity index (χ0) is 42.7. The van der Waals surface area contributed by atoms with Crippen molar-refractivity contribution in [2.45, 2.75) is 24.5 Å². The largest absolute Gasteiger partial charge is 1.00 e. The molecule has 0 fully saturated rings. The van der Waals surface area contributed by atoms with E-state index in [0.717, 1.165) is 54.6 Å². The average molecular weight is 1000 g/mol. The molecule has 0 aromatic heterocycles. The molecule has 0 saturated heterocycles. The quantitative estimate of drug-likeness (QED) is 0.0557. The Morgan fingerprint density at radius 1 is 0.381 bits per heavy atom. The van der Waals surface area contributed by atoms with Crippen LogP contribution in [0.25, 0.3) is 32.7 Å². The molecule has 0 atom stereocenters. The van der Waals surface area contributed by atoms with E-state index in [1.54, 1.807) is 0 Å². The molecule has 63 heavy (non-hydrogen) atoms. The van der Waals surface area contributed by atoms with Crippen LogP contribution in [-0.4, -0.2) is 64.9 Å². The number of nitrogens with two attached hydrogens (primary N) is 2. The first kappa shape index (κ1) is 60.2. The van der Waals surface area contributed by atoms with Gasteiger partial charge < -0.3 is 34.2 Å². The topological polar surface area (TPSA) is 387 Å². The molecular weight excluding hydrogens is 984 g/mol. The number of hydrogen-bond donors (Lipinski definition) is 2. The molecule has 31 heteroatoms. The van der Waals surface area contributed by atoms with E-state index in [4.69, 9.17) is 11.5 Å². The molecule has 0 aliphatic heterocycles. The Bertz CT molecular complexity index is 3400. The van der Waals surface area contributed by atoms with Crippen LogP contribution in [0.5, 0.6) is 0 Å². The first-order valence-electron chi connectivity index (χ1n) is 15.3. The molecule has 0 radical (unpaired) electrons. The molecule has 4 N–H and O–H groups in total. The van der Waals surface area contributed by atoms with Crippen LogP contribution in [0.15, 0.2) is 136 Å². The molecule has 0 aliphatic carbocycles. The molecule has 6 aromatic carbocycles. The standard InChI is InChI=1S/C32H24N6O15S5.5Na/c33-29-27(57(48,49)50)14-18-11-21(54(39,40)41)6-8-23(18)31(29)37-35-20-4-1-16(2-5-20)17-3-10-25(26(13-17)56(45,46)47)36-38-32-24-9-7-22(55(42,43)44)12-19(24)15-28(30(32)34)58(51,52)53;;;;;/h1-15H,33-34H2,(H,39,40,41)(H,42,43,44)(H,45,46,47)(H,48,49,50)(H,51,52,53);;;;;/q;5*+1/p-5. The van der Waals surface area contributed by atoms with Crippen LogP contribution in [0, 0.1) is 0 Å². The van der Waals surface area contributed by atoms with Crippen molar-refractivity contribution < 1.29 is 213 Å². The molecule has 0 heterocycles. The molecule has 0 spiro atoms. The van der Waals surface area contributed by atoms with Gasteiger partial charge >= 0.3 is 148 Å². The van der Waals surface area contributed by atoms with E-state index in [9.17, 15) is 64.9 Å². The zero-order valence-electron chi connectivity index (χ0n) is 33.3. The minimum Gasteiger partial charge on any atom is -0.744 e. The van der Waals surface area contributed by atoms with Gasteiger partial charge in [-0.05, 0) is 82.6 Å². The summed E-state index contributed by atoms with van der Waals surface area (Å²) in [6, 6.07) is 15.8. The number of nitrogen functional groups attached to an aromatic ring is 2. The minimum absolute atomic E-state index is 0. The third-order valence-corrected chi connectivity index (χ3v) is 12.5. The number of anilines is 2. The van der Waals surface area contributed by atoms with E-state index < -0.39 is 97.8 Å². The Hall–Kier alpha value is -0.810. The Balaban J connectivity index is 0.00000397. The number of nitrogens with zero attached hydrogens (tertiary/aromatic N) is 4. The fourth-order valence-corrected chi connectivity index (χ4v) is 8.49. The van der Waals surface area contributed by atoms with E-state index in [1.807, 2.05) is 0 Å². The Morgan fingerprint density at radius 2 is 0.762 bits per heavy atom. The Labute approximate surface area is 470 Å².